The molecule has 0 aliphatic rings. The number of nitrogens with one attached hydrogen (secondary N) is 1. The van der Waals surface area contributed by atoms with Crippen molar-refractivity contribution in [3.8, 4) is 11.5 Å². The predicted octanol–water partition coefficient (Wildman–Crippen LogP) is 3.31. The number of rotatable bonds is 5. The normalized spacial score (nSPS) is 11.6. The van der Waals surface area contributed by atoms with Crippen LogP contribution in [0.1, 0.15) is 24.2 Å². The van der Waals surface area contributed by atoms with Crippen molar-refractivity contribution in [1.82, 2.24) is 10.2 Å². The molecule has 0 aliphatic carbocycles. The molecule has 0 spiro atoms. The van der Waals surface area contributed by atoms with Gasteiger partial charge in [-0.05, 0) is 56.3 Å². The Kier molecular flexibility index (Phi) is 5.04. The maximum absolute atomic E-state index is 13.3. The molecule has 3 rings (SSSR count). The van der Waals surface area contributed by atoms with Crippen molar-refractivity contribution in [2.45, 2.75) is 24.0 Å². The Hall–Kier alpha value is -3.07. The van der Waals surface area contributed by atoms with E-state index in [2.05, 4.69) is 15.5 Å². The molecule has 0 bridgehead atoms. The Balaban J connectivity index is 1.75. The Labute approximate surface area is 155 Å². The average molecular weight is 389 g/mol. The highest BCUT2D eigenvalue weighted by molar-refractivity contribution is 7.92. The summed E-state index contributed by atoms with van der Waals surface area (Å²) in [7, 11) is -3.41. The molecule has 0 saturated heterocycles. The van der Waals surface area contributed by atoms with Crippen molar-refractivity contribution < 1.29 is 22.0 Å². The minimum absolute atomic E-state index is 0.0585. The molecule has 7 nitrogen and oxygen atoms in total. The van der Waals surface area contributed by atoms with E-state index in [0.717, 1.165) is 0 Å². The average Bonchev–Trinajstić information content (AvgIpc) is 3.10. The van der Waals surface area contributed by atoms with Gasteiger partial charge in [-0.25, -0.2) is 12.8 Å². The second-order valence-corrected chi connectivity index (χ2v) is 8.50. The number of halogens is 1. The number of amides is 1. The number of hydrogen-bond acceptors (Lipinski definition) is 6. The van der Waals surface area contributed by atoms with Crippen LogP contribution >= 0.6 is 0 Å². The Morgan fingerprint density at radius 2 is 1.81 bits per heavy atom. The lowest BCUT2D eigenvalue weighted by atomic mass is 10.2. The summed E-state index contributed by atoms with van der Waals surface area (Å²) in [5.74, 6) is -0.936. The zero-order valence-electron chi connectivity index (χ0n) is 14.5. The highest BCUT2D eigenvalue weighted by Crippen LogP contribution is 2.21. The van der Waals surface area contributed by atoms with Gasteiger partial charge in [-0.3, -0.25) is 10.1 Å². The maximum Gasteiger partial charge on any atom is 0.322 e. The largest absolute Gasteiger partial charge is 0.403 e. The van der Waals surface area contributed by atoms with E-state index in [-0.39, 0.29) is 22.4 Å². The summed E-state index contributed by atoms with van der Waals surface area (Å²) < 4.78 is 42.8. The minimum atomic E-state index is -3.41. The molecule has 9 heteroatoms. The Morgan fingerprint density at radius 3 is 2.44 bits per heavy atom. The van der Waals surface area contributed by atoms with E-state index in [0.29, 0.717) is 5.56 Å². The van der Waals surface area contributed by atoms with Crippen LogP contribution in [0.25, 0.3) is 11.5 Å². The second kappa shape index (κ2) is 7.28. The topological polar surface area (TPSA) is 102 Å². The summed E-state index contributed by atoms with van der Waals surface area (Å²) in [4.78, 5) is 12.4. The molecule has 0 atom stereocenters. The van der Waals surface area contributed by atoms with Crippen molar-refractivity contribution in [1.29, 1.82) is 0 Å². The summed E-state index contributed by atoms with van der Waals surface area (Å²) in [5, 5.41) is 9.33. The van der Waals surface area contributed by atoms with Crippen LogP contribution in [0.3, 0.4) is 0 Å². The third kappa shape index (κ3) is 4.03. The monoisotopic (exact) mass is 389 g/mol. The number of carbonyl (C=O) groups excluding carboxylic acids is 1. The standard InChI is InChI=1S/C18H16FN3O4S/c1-11(2)27(24,25)15-8-6-12(7-9-15)16(23)20-18-22-21-17(26-18)13-4-3-5-14(19)10-13/h3-11H,1-2H3,(H,20,22,23). The van der Waals surface area contributed by atoms with Crippen molar-refractivity contribution in [2.75, 3.05) is 5.32 Å². The number of benzene rings is 2. The SMILES string of the molecule is CC(C)S(=O)(=O)c1ccc(C(=O)Nc2nnc(-c3cccc(F)c3)o2)cc1. The second-order valence-electron chi connectivity index (χ2n) is 5.99. The van der Waals surface area contributed by atoms with Gasteiger partial charge in [0, 0.05) is 11.1 Å². The molecule has 0 unspecified atom stereocenters. The van der Waals surface area contributed by atoms with Gasteiger partial charge in [0.05, 0.1) is 10.1 Å². The molecule has 0 aliphatic heterocycles. The first kappa shape index (κ1) is 18.7. The molecule has 1 heterocycles. The van der Waals surface area contributed by atoms with Gasteiger partial charge in [0.15, 0.2) is 9.84 Å². The molecule has 1 N–H and O–H groups in total. The molecule has 1 aromatic heterocycles. The van der Waals surface area contributed by atoms with E-state index in [1.807, 2.05) is 0 Å². The fourth-order valence-electron chi connectivity index (χ4n) is 2.25. The lowest BCUT2D eigenvalue weighted by molar-refractivity contribution is 0.102. The Bertz CT molecular complexity index is 1080. The van der Waals surface area contributed by atoms with Crippen LogP contribution in [0.15, 0.2) is 57.8 Å². The molecule has 0 fully saturated rings. The van der Waals surface area contributed by atoms with Gasteiger partial charge >= 0.3 is 6.01 Å². The predicted molar refractivity (Wildman–Crippen MR) is 96.4 cm³/mol. The molecular formula is C18H16FN3O4S. The number of nitrogens with zero attached hydrogens (tertiary/aromatic N) is 2. The maximum atomic E-state index is 13.3. The Morgan fingerprint density at radius 1 is 1.11 bits per heavy atom. The molecule has 0 saturated carbocycles. The fraction of sp³-hybridized carbons (Fsp3) is 0.167. The van der Waals surface area contributed by atoms with Crippen molar-refractivity contribution in [2.24, 2.45) is 0 Å². The molecule has 27 heavy (non-hydrogen) atoms. The van der Waals surface area contributed by atoms with Crippen LogP contribution in [0.5, 0.6) is 0 Å². The summed E-state index contributed by atoms with van der Waals surface area (Å²) in [6.07, 6.45) is 0. The van der Waals surface area contributed by atoms with Crippen LogP contribution in [0.4, 0.5) is 10.4 Å². The lowest BCUT2D eigenvalue weighted by Crippen LogP contribution is -2.15. The highest BCUT2D eigenvalue weighted by Gasteiger charge is 2.20. The molecular weight excluding hydrogens is 373 g/mol. The van der Waals surface area contributed by atoms with Gasteiger partial charge in [-0.1, -0.05) is 11.2 Å². The van der Waals surface area contributed by atoms with E-state index in [4.69, 9.17) is 4.42 Å². The van der Waals surface area contributed by atoms with Crippen LogP contribution in [-0.2, 0) is 9.84 Å². The first-order valence-electron chi connectivity index (χ1n) is 8.02. The lowest BCUT2D eigenvalue weighted by Gasteiger charge is -2.08. The van der Waals surface area contributed by atoms with Gasteiger partial charge in [-0.15, -0.1) is 5.10 Å². The molecule has 3 aromatic rings. The quantitative estimate of drug-likeness (QED) is 0.718. The zero-order valence-corrected chi connectivity index (χ0v) is 15.3. The summed E-state index contributed by atoms with van der Waals surface area (Å²) >= 11 is 0. The van der Waals surface area contributed by atoms with Gasteiger partial charge < -0.3 is 4.42 Å². The number of anilines is 1. The van der Waals surface area contributed by atoms with Gasteiger partial charge in [-0.2, -0.15) is 0 Å². The van der Waals surface area contributed by atoms with Crippen LogP contribution in [-0.4, -0.2) is 29.8 Å². The van der Waals surface area contributed by atoms with Crippen molar-refractivity contribution >= 4 is 21.8 Å². The summed E-state index contributed by atoms with van der Waals surface area (Å²) in [6, 6.07) is 11.0. The fourth-order valence-corrected chi connectivity index (χ4v) is 3.31. The molecule has 2 aromatic carbocycles. The van der Waals surface area contributed by atoms with Crippen molar-refractivity contribution in [3.63, 3.8) is 0 Å². The molecule has 140 valence electrons. The van der Waals surface area contributed by atoms with Gasteiger partial charge in [0.2, 0.25) is 5.89 Å². The number of aromatic nitrogens is 2. The van der Waals surface area contributed by atoms with E-state index >= 15 is 0 Å². The van der Waals surface area contributed by atoms with Crippen LogP contribution in [0, 0.1) is 5.82 Å². The van der Waals surface area contributed by atoms with E-state index in [9.17, 15) is 17.6 Å². The van der Waals surface area contributed by atoms with E-state index in [1.165, 1.54) is 42.5 Å². The van der Waals surface area contributed by atoms with E-state index in [1.54, 1.807) is 19.9 Å². The third-order valence-electron chi connectivity index (χ3n) is 3.78. The third-order valence-corrected chi connectivity index (χ3v) is 5.95. The van der Waals surface area contributed by atoms with Crippen LogP contribution in [0.2, 0.25) is 0 Å². The summed E-state index contributed by atoms with van der Waals surface area (Å²) in [6.45, 7) is 3.17. The number of hydrogen-bond donors (Lipinski definition) is 1. The smallest absolute Gasteiger partial charge is 0.322 e. The number of carbonyl (C=O) groups is 1. The molecule has 1 amide bonds. The van der Waals surface area contributed by atoms with Crippen molar-refractivity contribution in [3.05, 3.63) is 59.9 Å². The molecule has 0 radical (unpaired) electrons. The van der Waals surface area contributed by atoms with E-state index < -0.39 is 26.8 Å². The zero-order chi connectivity index (χ0) is 19.6. The first-order valence-corrected chi connectivity index (χ1v) is 9.57. The van der Waals surface area contributed by atoms with Crippen LogP contribution < -0.4 is 5.32 Å². The highest BCUT2D eigenvalue weighted by atomic mass is 32.2. The summed E-state index contributed by atoms with van der Waals surface area (Å²) in [5.41, 5.74) is 0.606. The first-order chi connectivity index (χ1) is 12.8. The van der Waals surface area contributed by atoms with Gasteiger partial charge in [0.25, 0.3) is 5.91 Å². The minimum Gasteiger partial charge on any atom is -0.403 e. The number of sulfone groups is 1. The van der Waals surface area contributed by atoms with Gasteiger partial charge in [0.1, 0.15) is 5.82 Å².